The quantitative estimate of drug-likeness (QED) is 0.891. The van der Waals surface area contributed by atoms with Crippen LogP contribution < -0.4 is 5.32 Å². The van der Waals surface area contributed by atoms with Crippen LogP contribution in [0.5, 0.6) is 0 Å². The van der Waals surface area contributed by atoms with Crippen molar-refractivity contribution in [1.82, 2.24) is 5.32 Å². The van der Waals surface area contributed by atoms with Gasteiger partial charge in [0, 0.05) is 13.0 Å². The van der Waals surface area contributed by atoms with Gasteiger partial charge >= 0.3 is 0 Å². The Labute approximate surface area is 120 Å². The number of rotatable bonds is 5. The van der Waals surface area contributed by atoms with Gasteiger partial charge in [-0.1, -0.05) is 13.0 Å². The summed E-state index contributed by atoms with van der Waals surface area (Å²) in [5.74, 6) is -1.52. The molecule has 2 N–H and O–H groups in total. The second-order valence-electron chi connectivity index (χ2n) is 4.48. The van der Waals surface area contributed by atoms with Crippen molar-refractivity contribution in [1.29, 1.82) is 0 Å². The maximum absolute atomic E-state index is 13.5. The summed E-state index contributed by atoms with van der Waals surface area (Å²) in [6, 6.07) is 6.47. The molecule has 0 saturated carbocycles. The van der Waals surface area contributed by atoms with Gasteiger partial charge in [0.15, 0.2) is 5.76 Å². The molecular formula is C15H15F2NO3. The minimum absolute atomic E-state index is 0.0908. The number of hydrogen-bond acceptors (Lipinski definition) is 3. The van der Waals surface area contributed by atoms with E-state index < -0.39 is 29.2 Å². The minimum Gasteiger partial charge on any atom is -0.456 e. The highest BCUT2D eigenvalue weighted by Gasteiger charge is 2.19. The smallest absolute Gasteiger partial charge is 0.287 e. The van der Waals surface area contributed by atoms with Crippen LogP contribution in [0.1, 0.15) is 34.9 Å². The maximum atomic E-state index is 13.5. The van der Waals surface area contributed by atoms with Gasteiger partial charge in [-0.3, -0.25) is 4.79 Å². The Morgan fingerprint density at radius 1 is 1.29 bits per heavy atom. The van der Waals surface area contributed by atoms with Crippen molar-refractivity contribution in [3.63, 3.8) is 0 Å². The molecule has 112 valence electrons. The van der Waals surface area contributed by atoms with Crippen LogP contribution in [0, 0.1) is 11.6 Å². The van der Waals surface area contributed by atoms with Crippen molar-refractivity contribution in [3.05, 3.63) is 59.1 Å². The molecule has 0 fully saturated rings. The van der Waals surface area contributed by atoms with Gasteiger partial charge in [-0.25, -0.2) is 8.78 Å². The lowest BCUT2D eigenvalue weighted by atomic mass is 10.1. The predicted molar refractivity (Wildman–Crippen MR) is 71.7 cm³/mol. The number of furan rings is 1. The molecule has 0 bridgehead atoms. The summed E-state index contributed by atoms with van der Waals surface area (Å²) < 4.78 is 32.2. The Balaban J connectivity index is 2.00. The largest absolute Gasteiger partial charge is 0.456 e. The van der Waals surface area contributed by atoms with E-state index in [2.05, 4.69) is 5.32 Å². The predicted octanol–water partition coefficient (Wildman–Crippen LogP) is 2.58. The third-order valence-corrected chi connectivity index (χ3v) is 3.02. The zero-order chi connectivity index (χ0) is 15.4. The molecule has 0 spiro atoms. The average molecular weight is 295 g/mol. The van der Waals surface area contributed by atoms with Crippen LogP contribution in [0.2, 0.25) is 0 Å². The molecule has 1 aromatic heterocycles. The maximum Gasteiger partial charge on any atom is 0.287 e. The van der Waals surface area contributed by atoms with E-state index in [9.17, 15) is 18.7 Å². The van der Waals surface area contributed by atoms with Crippen LogP contribution in [-0.4, -0.2) is 17.6 Å². The second-order valence-corrected chi connectivity index (χ2v) is 4.48. The lowest BCUT2D eigenvalue weighted by Crippen LogP contribution is -2.28. The van der Waals surface area contributed by atoms with Crippen molar-refractivity contribution < 1.29 is 23.1 Å². The molecular weight excluding hydrogens is 280 g/mol. The molecule has 1 aromatic carbocycles. The topological polar surface area (TPSA) is 62.5 Å². The number of amides is 1. The number of benzene rings is 1. The summed E-state index contributed by atoms with van der Waals surface area (Å²) in [4.78, 5) is 11.8. The van der Waals surface area contributed by atoms with Crippen molar-refractivity contribution in [2.45, 2.75) is 19.4 Å². The van der Waals surface area contributed by atoms with E-state index in [1.54, 1.807) is 6.07 Å². The van der Waals surface area contributed by atoms with Crippen molar-refractivity contribution >= 4 is 5.91 Å². The van der Waals surface area contributed by atoms with Crippen LogP contribution in [0.15, 0.2) is 34.7 Å². The Hall–Kier alpha value is -2.21. The van der Waals surface area contributed by atoms with Gasteiger partial charge in [-0.2, -0.15) is 0 Å². The molecule has 0 radical (unpaired) electrons. The molecule has 6 heteroatoms. The van der Waals surface area contributed by atoms with E-state index >= 15 is 0 Å². The highest BCUT2D eigenvalue weighted by Crippen LogP contribution is 2.20. The first-order valence-corrected chi connectivity index (χ1v) is 6.51. The second kappa shape index (κ2) is 6.49. The van der Waals surface area contributed by atoms with Crippen molar-refractivity contribution in [3.8, 4) is 0 Å². The zero-order valence-electron chi connectivity index (χ0n) is 11.4. The number of hydrogen-bond donors (Lipinski definition) is 2. The van der Waals surface area contributed by atoms with Gasteiger partial charge in [-0.15, -0.1) is 0 Å². The monoisotopic (exact) mass is 295 g/mol. The SMILES string of the molecule is CCc1ccc(C(=O)NCC(O)c2c(F)cccc2F)o1. The molecule has 0 saturated heterocycles. The summed E-state index contributed by atoms with van der Waals surface area (Å²) in [5.41, 5.74) is -0.466. The molecule has 2 rings (SSSR count). The van der Waals surface area contributed by atoms with Gasteiger partial charge in [0.1, 0.15) is 23.5 Å². The molecule has 4 nitrogen and oxygen atoms in total. The summed E-state index contributed by atoms with van der Waals surface area (Å²) in [5, 5.41) is 12.2. The summed E-state index contributed by atoms with van der Waals surface area (Å²) >= 11 is 0. The first-order chi connectivity index (χ1) is 10.0. The Morgan fingerprint density at radius 2 is 1.95 bits per heavy atom. The Bertz CT molecular complexity index is 619. The van der Waals surface area contributed by atoms with Gasteiger partial charge < -0.3 is 14.8 Å². The third-order valence-electron chi connectivity index (χ3n) is 3.02. The number of halogens is 2. The van der Waals surface area contributed by atoms with E-state index in [0.717, 1.165) is 12.1 Å². The van der Waals surface area contributed by atoms with E-state index in [0.29, 0.717) is 12.2 Å². The summed E-state index contributed by atoms with van der Waals surface area (Å²) in [7, 11) is 0. The number of carbonyl (C=O) groups is 1. The van der Waals surface area contributed by atoms with Crippen LogP contribution in [0.25, 0.3) is 0 Å². The molecule has 1 atom stereocenters. The lowest BCUT2D eigenvalue weighted by Gasteiger charge is -2.13. The lowest BCUT2D eigenvalue weighted by molar-refractivity contribution is 0.0882. The highest BCUT2D eigenvalue weighted by molar-refractivity contribution is 5.91. The van der Waals surface area contributed by atoms with Gasteiger partial charge in [0.2, 0.25) is 0 Å². The average Bonchev–Trinajstić information content (AvgIpc) is 2.93. The van der Waals surface area contributed by atoms with E-state index in [1.165, 1.54) is 12.1 Å². The molecule has 0 aliphatic heterocycles. The first kappa shape index (κ1) is 15.2. The third kappa shape index (κ3) is 3.46. The van der Waals surface area contributed by atoms with Crippen LogP contribution >= 0.6 is 0 Å². The van der Waals surface area contributed by atoms with E-state index in [4.69, 9.17) is 4.42 Å². The molecule has 0 aliphatic rings. The summed E-state index contributed by atoms with van der Waals surface area (Å²) in [6.07, 6.45) is -0.827. The normalized spacial score (nSPS) is 12.2. The molecule has 1 heterocycles. The summed E-state index contributed by atoms with van der Waals surface area (Å²) in [6.45, 7) is 1.56. The van der Waals surface area contributed by atoms with Gasteiger partial charge in [0.25, 0.3) is 5.91 Å². The standard InChI is InChI=1S/C15H15F2NO3/c1-2-9-6-7-13(21-9)15(20)18-8-12(19)14-10(16)4-3-5-11(14)17/h3-7,12,19H,2,8H2,1H3,(H,18,20). The highest BCUT2D eigenvalue weighted by atomic mass is 19.1. The molecule has 21 heavy (non-hydrogen) atoms. The van der Waals surface area contributed by atoms with Gasteiger partial charge in [-0.05, 0) is 24.3 Å². The molecule has 0 aliphatic carbocycles. The number of nitrogens with one attached hydrogen (secondary N) is 1. The fraction of sp³-hybridized carbons (Fsp3) is 0.267. The van der Waals surface area contributed by atoms with Crippen molar-refractivity contribution in [2.24, 2.45) is 0 Å². The first-order valence-electron chi connectivity index (χ1n) is 6.51. The van der Waals surface area contributed by atoms with Crippen LogP contribution in [0.3, 0.4) is 0 Å². The van der Waals surface area contributed by atoms with Crippen LogP contribution in [-0.2, 0) is 6.42 Å². The number of aliphatic hydroxyl groups is 1. The number of aliphatic hydroxyl groups excluding tert-OH is 1. The Kier molecular flexibility index (Phi) is 4.70. The van der Waals surface area contributed by atoms with E-state index in [-0.39, 0.29) is 12.3 Å². The number of carbonyl (C=O) groups excluding carboxylic acids is 1. The van der Waals surface area contributed by atoms with Crippen LogP contribution in [0.4, 0.5) is 8.78 Å². The van der Waals surface area contributed by atoms with Gasteiger partial charge in [0.05, 0.1) is 5.56 Å². The molecule has 1 unspecified atom stereocenters. The Morgan fingerprint density at radius 3 is 2.52 bits per heavy atom. The number of aryl methyl sites for hydroxylation is 1. The fourth-order valence-electron chi connectivity index (χ4n) is 1.90. The van der Waals surface area contributed by atoms with E-state index in [1.807, 2.05) is 6.92 Å². The minimum atomic E-state index is -1.48. The zero-order valence-corrected chi connectivity index (χ0v) is 11.4. The fourth-order valence-corrected chi connectivity index (χ4v) is 1.90. The van der Waals surface area contributed by atoms with Crippen molar-refractivity contribution in [2.75, 3.05) is 6.54 Å². The molecule has 2 aromatic rings. The molecule has 1 amide bonds.